The van der Waals surface area contributed by atoms with Gasteiger partial charge in [-0.2, -0.15) is 0 Å². The number of nitrogens with one attached hydrogen (secondary N) is 1. The summed E-state index contributed by atoms with van der Waals surface area (Å²) < 4.78 is 0. The Kier molecular flexibility index (Phi) is 6.59. The number of amides is 2. The van der Waals surface area contributed by atoms with Gasteiger partial charge in [0.15, 0.2) is 0 Å². The molecule has 0 aromatic heterocycles. The number of carbonyl (C=O) groups excluding carboxylic acids is 2. The summed E-state index contributed by atoms with van der Waals surface area (Å²) in [5.74, 6) is 0.575. The van der Waals surface area contributed by atoms with E-state index in [-0.39, 0.29) is 23.9 Å². The minimum atomic E-state index is -0.231. The Hall–Kier alpha value is -1.88. The largest absolute Gasteiger partial charge is 0.343 e. The van der Waals surface area contributed by atoms with Crippen molar-refractivity contribution in [1.82, 2.24) is 15.1 Å². The van der Waals surface area contributed by atoms with E-state index in [0.29, 0.717) is 12.5 Å². The lowest BCUT2D eigenvalue weighted by Gasteiger charge is -2.38. The van der Waals surface area contributed by atoms with Crippen LogP contribution >= 0.6 is 0 Å². The summed E-state index contributed by atoms with van der Waals surface area (Å²) >= 11 is 0. The lowest BCUT2D eigenvalue weighted by atomic mass is 9.93. The van der Waals surface area contributed by atoms with Crippen molar-refractivity contribution in [3.63, 3.8) is 0 Å². The molecule has 0 aliphatic carbocycles. The summed E-state index contributed by atoms with van der Waals surface area (Å²) in [6.07, 6.45) is 0.889. The molecule has 0 bridgehead atoms. The number of hydrogen-bond acceptors (Lipinski definition) is 3. The van der Waals surface area contributed by atoms with Crippen molar-refractivity contribution in [3.05, 3.63) is 35.4 Å². The number of likely N-dealkylation sites (N-methyl/N-ethyl adjacent to an activating group) is 1. The number of piperidine rings is 1. The average Bonchev–Trinajstić information content (AvgIpc) is 2.57. The zero-order valence-electron chi connectivity index (χ0n) is 16.1. The molecule has 25 heavy (non-hydrogen) atoms. The minimum absolute atomic E-state index is 0.101. The van der Waals surface area contributed by atoms with Gasteiger partial charge in [0.2, 0.25) is 11.8 Å². The summed E-state index contributed by atoms with van der Waals surface area (Å²) in [4.78, 5) is 27.9. The SMILES string of the molecule is CC(=O)N1CC[C@H](N[C@H](C)C(=O)N(C)Cc2ccccc2C)[C@@H](C)C1. The normalized spacial score (nSPS) is 21.7. The molecule has 0 radical (unpaired) electrons. The third-order valence-electron chi connectivity index (χ3n) is 5.23. The number of nitrogens with zero attached hydrogens (tertiary/aromatic N) is 2. The van der Waals surface area contributed by atoms with Crippen LogP contribution in [0, 0.1) is 12.8 Å². The van der Waals surface area contributed by atoms with Crippen molar-refractivity contribution in [2.24, 2.45) is 5.92 Å². The zero-order valence-corrected chi connectivity index (χ0v) is 16.1. The highest BCUT2D eigenvalue weighted by Crippen LogP contribution is 2.18. The second kappa shape index (κ2) is 8.48. The first-order valence-electron chi connectivity index (χ1n) is 9.10. The smallest absolute Gasteiger partial charge is 0.239 e. The maximum Gasteiger partial charge on any atom is 0.239 e. The minimum Gasteiger partial charge on any atom is -0.343 e. The highest BCUT2D eigenvalue weighted by Gasteiger charge is 2.30. The Morgan fingerprint density at radius 3 is 2.64 bits per heavy atom. The first-order valence-corrected chi connectivity index (χ1v) is 9.10. The molecule has 5 nitrogen and oxygen atoms in total. The predicted molar refractivity (Wildman–Crippen MR) is 100 cm³/mol. The van der Waals surface area contributed by atoms with E-state index in [1.807, 2.05) is 31.0 Å². The Labute approximate surface area is 151 Å². The molecule has 1 aromatic rings. The van der Waals surface area contributed by atoms with Gasteiger partial charge >= 0.3 is 0 Å². The molecule has 1 fully saturated rings. The number of hydrogen-bond donors (Lipinski definition) is 1. The summed E-state index contributed by atoms with van der Waals surface area (Å²) in [6.45, 7) is 9.90. The molecule has 0 spiro atoms. The van der Waals surface area contributed by atoms with Crippen LogP contribution in [-0.2, 0) is 16.1 Å². The van der Waals surface area contributed by atoms with Crippen LogP contribution in [-0.4, -0.2) is 53.8 Å². The lowest BCUT2D eigenvalue weighted by Crippen LogP contribution is -2.54. The maximum atomic E-state index is 12.7. The number of likely N-dealkylation sites (tertiary alicyclic amines) is 1. The summed E-state index contributed by atoms with van der Waals surface area (Å²) in [6, 6.07) is 8.19. The first kappa shape index (κ1) is 19.4. The van der Waals surface area contributed by atoms with E-state index in [1.54, 1.807) is 11.8 Å². The fourth-order valence-corrected chi connectivity index (χ4v) is 3.52. The molecule has 0 saturated carbocycles. The van der Waals surface area contributed by atoms with E-state index in [0.717, 1.165) is 19.5 Å². The van der Waals surface area contributed by atoms with Gasteiger partial charge in [0.25, 0.3) is 0 Å². The third kappa shape index (κ3) is 5.05. The van der Waals surface area contributed by atoms with Gasteiger partial charge < -0.3 is 15.1 Å². The van der Waals surface area contributed by atoms with Crippen molar-refractivity contribution in [1.29, 1.82) is 0 Å². The highest BCUT2D eigenvalue weighted by atomic mass is 16.2. The Bertz CT molecular complexity index is 617. The van der Waals surface area contributed by atoms with E-state index in [2.05, 4.69) is 31.3 Å². The highest BCUT2D eigenvalue weighted by molar-refractivity contribution is 5.81. The first-order chi connectivity index (χ1) is 11.8. The fraction of sp³-hybridized carbons (Fsp3) is 0.600. The fourth-order valence-electron chi connectivity index (χ4n) is 3.52. The lowest BCUT2D eigenvalue weighted by molar-refractivity contribution is -0.134. The monoisotopic (exact) mass is 345 g/mol. The topological polar surface area (TPSA) is 52.7 Å². The van der Waals surface area contributed by atoms with Gasteiger partial charge in [-0.05, 0) is 37.3 Å². The van der Waals surface area contributed by atoms with E-state index in [9.17, 15) is 9.59 Å². The third-order valence-corrected chi connectivity index (χ3v) is 5.23. The maximum absolute atomic E-state index is 12.7. The van der Waals surface area contributed by atoms with Crippen LogP contribution in [0.1, 0.15) is 38.3 Å². The van der Waals surface area contributed by atoms with Crippen molar-refractivity contribution in [2.75, 3.05) is 20.1 Å². The second-order valence-electron chi connectivity index (χ2n) is 7.35. The van der Waals surface area contributed by atoms with Gasteiger partial charge in [0, 0.05) is 39.6 Å². The molecule has 2 rings (SSSR count). The van der Waals surface area contributed by atoms with E-state index >= 15 is 0 Å². The van der Waals surface area contributed by atoms with Crippen LogP contribution in [0.3, 0.4) is 0 Å². The number of aryl methyl sites for hydroxylation is 1. The molecule has 1 saturated heterocycles. The molecule has 0 unspecified atom stereocenters. The van der Waals surface area contributed by atoms with Crippen LogP contribution < -0.4 is 5.32 Å². The van der Waals surface area contributed by atoms with Gasteiger partial charge in [-0.1, -0.05) is 31.2 Å². The second-order valence-corrected chi connectivity index (χ2v) is 7.35. The summed E-state index contributed by atoms with van der Waals surface area (Å²) in [7, 11) is 1.86. The molecule has 5 heteroatoms. The Morgan fingerprint density at radius 1 is 1.36 bits per heavy atom. The quantitative estimate of drug-likeness (QED) is 0.890. The standard InChI is InChI=1S/C20H31N3O2/c1-14-8-6-7-9-18(14)13-22(5)20(25)16(3)21-19-10-11-23(17(4)24)12-15(19)2/h6-9,15-16,19,21H,10-13H2,1-5H3/t15-,16+,19-/m0/s1. The molecule has 3 atom stereocenters. The van der Waals surface area contributed by atoms with Crippen LogP contribution in [0.2, 0.25) is 0 Å². The Balaban J connectivity index is 1.89. The molecule has 1 heterocycles. The van der Waals surface area contributed by atoms with Gasteiger partial charge in [-0.15, -0.1) is 0 Å². The van der Waals surface area contributed by atoms with Gasteiger partial charge in [-0.25, -0.2) is 0 Å². The molecule has 1 aliphatic heterocycles. The van der Waals surface area contributed by atoms with Crippen LogP contribution in [0.5, 0.6) is 0 Å². The van der Waals surface area contributed by atoms with E-state index in [1.165, 1.54) is 11.1 Å². The predicted octanol–water partition coefficient (Wildman–Crippen LogP) is 2.19. The number of carbonyl (C=O) groups is 2. The molecule has 1 aromatic carbocycles. The van der Waals surface area contributed by atoms with Crippen molar-refractivity contribution in [3.8, 4) is 0 Å². The molecular weight excluding hydrogens is 314 g/mol. The summed E-state index contributed by atoms with van der Waals surface area (Å²) in [5, 5.41) is 3.48. The van der Waals surface area contributed by atoms with Gasteiger partial charge in [0.1, 0.15) is 0 Å². The van der Waals surface area contributed by atoms with Crippen LogP contribution in [0.15, 0.2) is 24.3 Å². The molecular formula is C20H31N3O2. The van der Waals surface area contributed by atoms with Gasteiger partial charge in [0.05, 0.1) is 6.04 Å². The van der Waals surface area contributed by atoms with Crippen molar-refractivity contribution >= 4 is 11.8 Å². The number of rotatable bonds is 5. The van der Waals surface area contributed by atoms with Crippen molar-refractivity contribution in [2.45, 2.75) is 52.7 Å². The molecule has 1 N–H and O–H groups in total. The molecule has 1 aliphatic rings. The molecule has 138 valence electrons. The van der Waals surface area contributed by atoms with E-state index in [4.69, 9.17) is 0 Å². The van der Waals surface area contributed by atoms with E-state index < -0.39 is 0 Å². The summed E-state index contributed by atoms with van der Waals surface area (Å²) in [5.41, 5.74) is 2.38. The van der Waals surface area contributed by atoms with Crippen LogP contribution in [0.4, 0.5) is 0 Å². The average molecular weight is 345 g/mol. The molecule has 2 amide bonds. The van der Waals surface area contributed by atoms with Crippen LogP contribution in [0.25, 0.3) is 0 Å². The zero-order chi connectivity index (χ0) is 18.6. The number of benzene rings is 1. The van der Waals surface area contributed by atoms with Gasteiger partial charge in [-0.3, -0.25) is 9.59 Å². The Morgan fingerprint density at radius 2 is 2.04 bits per heavy atom. The van der Waals surface area contributed by atoms with Crippen molar-refractivity contribution < 1.29 is 9.59 Å².